The van der Waals surface area contributed by atoms with Gasteiger partial charge in [-0.05, 0) is 25.2 Å². The van der Waals surface area contributed by atoms with Crippen LogP contribution in [-0.2, 0) is 16.0 Å². The molecule has 0 aromatic heterocycles. The summed E-state index contributed by atoms with van der Waals surface area (Å²) in [5, 5.41) is 2.78. The van der Waals surface area contributed by atoms with Crippen molar-refractivity contribution in [3.05, 3.63) is 23.8 Å². The summed E-state index contributed by atoms with van der Waals surface area (Å²) in [6.07, 6.45) is -4.01. The quantitative estimate of drug-likeness (QED) is 0.841. The molecule has 0 amide bonds. The highest BCUT2D eigenvalue weighted by atomic mass is 32.2. The van der Waals surface area contributed by atoms with E-state index >= 15 is 0 Å². The van der Waals surface area contributed by atoms with Crippen molar-refractivity contribution >= 4 is 9.84 Å². The van der Waals surface area contributed by atoms with E-state index in [4.69, 9.17) is 4.74 Å². The van der Waals surface area contributed by atoms with Crippen molar-refractivity contribution in [1.29, 1.82) is 0 Å². The molecule has 1 aromatic rings. The van der Waals surface area contributed by atoms with Gasteiger partial charge in [-0.15, -0.1) is 0 Å². The van der Waals surface area contributed by atoms with Crippen LogP contribution in [0.5, 0.6) is 5.75 Å². The monoisotopic (exact) mass is 297 g/mol. The summed E-state index contributed by atoms with van der Waals surface area (Å²) in [7, 11) is -2.27. The second kappa shape index (κ2) is 5.79. The van der Waals surface area contributed by atoms with E-state index in [1.165, 1.54) is 6.07 Å². The van der Waals surface area contributed by atoms with Gasteiger partial charge in [0.25, 0.3) is 0 Å². The first-order valence-electron chi connectivity index (χ1n) is 5.35. The van der Waals surface area contributed by atoms with Gasteiger partial charge in [-0.3, -0.25) is 0 Å². The van der Waals surface area contributed by atoms with E-state index in [9.17, 15) is 21.6 Å². The van der Waals surface area contributed by atoms with E-state index < -0.39 is 26.5 Å². The number of nitrogens with one attached hydrogen (secondary N) is 1. The van der Waals surface area contributed by atoms with Gasteiger partial charge in [0, 0.05) is 12.8 Å². The lowest BCUT2D eigenvalue weighted by molar-refractivity contribution is -0.140. The van der Waals surface area contributed by atoms with Crippen LogP contribution in [0, 0.1) is 0 Å². The van der Waals surface area contributed by atoms with E-state index in [1.807, 2.05) is 0 Å². The molecule has 1 aromatic carbocycles. The fraction of sp³-hybridized carbons (Fsp3) is 0.455. The minimum absolute atomic E-state index is 0.0185. The molecule has 0 bridgehead atoms. The summed E-state index contributed by atoms with van der Waals surface area (Å²) in [4.78, 5) is -0.749. The number of hydrogen-bond donors (Lipinski definition) is 1. The van der Waals surface area contributed by atoms with E-state index in [1.54, 1.807) is 7.05 Å². The Labute approximate surface area is 109 Å². The number of rotatable bonds is 5. The summed E-state index contributed by atoms with van der Waals surface area (Å²) in [6.45, 7) is 0.654. The molecule has 0 radical (unpaired) electrons. The van der Waals surface area contributed by atoms with E-state index in [0.717, 1.165) is 12.3 Å². The molecule has 0 heterocycles. The van der Waals surface area contributed by atoms with Gasteiger partial charge in [-0.1, -0.05) is 0 Å². The number of halogens is 3. The second-order valence-corrected chi connectivity index (χ2v) is 5.86. The second-order valence-electron chi connectivity index (χ2n) is 3.88. The lowest BCUT2D eigenvalue weighted by Gasteiger charge is -2.14. The molecule has 19 heavy (non-hydrogen) atoms. The SMILES string of the molecule is CNCCOc1ccc(S(C)(=O)=O)c(C(F)(F)F)c1. The van der Waals surface area contributed by atoms with E-state index in [2.05, 4.69) is 5.32 Å². The number of benzene rings is 1. The molecule has 108 valence electrons. The smallest absolute Gasteiger partial charge is 0.417 e. The molecule has 0 fully saturated rings. The molecule has 0 unspecified atom stereocenters. The maximum atomic E-state index is 12.8. The fourth-order valence-electron chi connectivity index (χ4n) is 1.41. The Balaban J connectivity index is 3.17. The first kappa shape index (κ1) is 15.8. The van der Waals surface area contributed by atoms with Crippen LogP contribution in [-0.4, -0.2) is 34.9 Å². The number of sulfone groups is 1. The Kier molecular flexibility index (Phi) is 4.81. The molecule has 0 aliphatic heterocycles. The van der Waals surface area contributed by atoms with Gasteiger partial charge < -0.3 is 10.1 Å². The zero-order valence-corrected chi connectivity index (χ0v) is 11.2. The molecular formula is C11H14F3NO3S. The van der Waals surface area contributed by atoms with Gasteiger partial charge in [0.05, 0.1) is 10.5 Å². The molecule has 8 heteroatoms. The third-order valence-electron chi connectivity index (χ3n) is 2.28. The normalized spacial score (nSPS) is 12.5. The van der Waals surface area contributed by atoms with Crippen LogP contribution in [0.25, 0.3) is 0 Å². The van der Waals surface area contributed by atoms with Gasteiger partial charge in [0.2, 0.25) is 0 Å². The summed E-state index contributed by atoms with van der Waals surface area (Å²) in [5.41, 5.74) is -1.21. The number of alkyl halides is 3. The number of likely N-dealkylation sites (N-methyl/N-ethyl adjacent to an activating group) is 1. The largest absolute Gasteiger partial charge is 0.492 e. The van der Waals surface area contributed by atoms with Crippen LogP contribution in [0.15, 0.2) is 23.1 Å². The minimum atomic E-state index is -4.75. The van der Waals surface area contributed by atoms with Gasteiger partial charge in [0.15, 0.2) is 9.84 Å². The predicted molar refractivity (Wildman–Crippen MR) is 64.0 cm³/mol. The summed E-state index contributed by atoms with van der Waals surface area (Å²) >= 11 is 0. The molecule has 0 aliphatic carbocycles. The fourth-order valence-corrected chi connectivity index (χ4v) is 2.30. The zero-order chi connectivity index (χ0) is 14.7. The Morgan fingerprint density at radius 2 is 1.95 bits per heavy atom. The highest BCUT2D eigenvalue weighted by molar-refractivity contribution is 7.90. The van der Waals surface area contributed by atoms with E-state index in [-0.39, 0.29) is 12.4 Å². The van der Waals surface area contributed by atoms with Crippen LogP contribution in [0.1, 0.15) is 5.56 Å². The number of hydrogen-bond acceptors (Lipinski definition) is 4. The predicted octanol–water partition coefficient (Wildman–Crippen LogP) is 1.71. The maximum absolute atomic E-state index is 12.8. The highest BCUT2D eigenvalue weighted by Crippen LogP contribution is 2.36. The molecule has 0 saturated carbocycles. The first-order valence-corrected chi connectivity index (χ1v) is 7.24. The van der Waals surface area contributed by atoms with Crippen molar-refractivity contribution in [3.8, 4) is 5.75 Å². The Morgan fingerprint density at radius 1 is 1.32 bits per heavy atom. The van der Waals surface area contributed by atoms with Crippen LogP contribution < -0.4 is 10.1 Å². The molecule has 0 saturated heterocycles. The van der Waals surface area contributed by atoms with Gasteiger partial charge in [-0.25, -0.2) is 8.42 Å². The molecule has 0 aliphatic rings. The molecule has 1 N–H and O–H groups in total. The topological polar surface area (TPSA) is 55.4 Å². The number of ether oxygens (including phenoxy) is 1. The Bertz CT molecular complexity index is 541. The van der Waals surface area contributed by atoms with Crippen LogP contribution >= 0.6 is 0 Å². The molecular weight excluding hydrogens is 283 g/mol. The van der Waals surface area contributed by atoms with Crippen LogP contribution in [0.3, 0.4) is 0 Å². The van der Waals surface area contributed by atoms with Crippen molar-refractivity contribution in [2.45, 2.75) is 11.1 Å². The van der Waals surface area contributed by atoms with Gasteiger partial charge in [0.1, 0.15) is 12.4 Å². The lowest BCUT2D eigenvalue weighted by atomic mass is 10.2. The lowest BCUT2D eigenvalue weighted by Crippen LogP contribution is -2.17. The molecule has 1 rings (SSSR count). The maximum Gasteiger partial charge on any atom is 0.417 e. The van der Waals surface area contributed by atoms with Crippen LogP contribution in [0.2, 0.25) is 0 Å². The zero-order valence-electron chi connectivity index (χ0n) is 10.4. The third-order valence-corrected chi connectivity index (χ3v) is 3.43. The average Bonchev–Trinajstić information content (AvgIpc) is 2.26. The standard InChI is InChI=1S/C11H14F3NO3S/c1-15-5-6-18-8-3-4-10(19(2,16)17)9(7-8)11(12,13)14/h3-4,7,15H,5-6H2,1-2H3. The first-order chi connectivity index (χ1) is 8.66. The van der Waals surface area contributed by atoms with Crippen molar-refractivity contribution in [2.75, 3.05) is 26.5 Å². The molecule has 0 atom stereocenters. The van der Waals surface area contributed by atoms with Crippen molar-refractivity contribution in [1.82, 2.24) is 5.32 Å². The summed E-state index contributed by atoms with van der Waals surface area (Å²) < 4.78 is 66.2. The van der Waals surface area contributed by atoms with Gasteiger partial charge in [-0.2, -0.15) is 13.2 Å². The van der Waals surface area contributed by atoms with Crippen LogP contribution in [0.4, 0.5) is 13.2 Å². The molecule has 0 spiro atoms. The average molecular weight is 297 g/mol. The third kappa shape index (κ3) is 4.39. The van der Waals surface area contributed by atoms with Gasteiger partial charge >= 0.3 is 6.18 Å². The van der Waals surface area contributed by atoms with Crippen molar-refractivity contribution < 1.29 is 26.3 Å². The Morgan fingerprint density at radius 3 is 2.42 bits per heavy atom. The summed E-state index contributed by atoms with van der Waals surface area (Å²) in [6, 6.07) is 2.82. The highest BCUT2D eigenvalue weighted by Gasteiger charge is 2.36. The summed E-state index contributed by atoms with van der Waals surface area (Å²) in [5.74, 6) is -0.0185. The van der Waals surface area contributed by atoms with Crippen molar-refractivity contribution in [2.24, 2.45) is 0 Å². The molecule has 4 nitrogen and oxygen atoms in total. The Hall–Kier alpha value is -1.28. The van der Waals surface area contributed by atoms with Crippen molar-refractivity contribution in [3.63, 3.8) is 0 Å². The minimum Gasteiger partial charge on any atom is -0.492 e. The van der Waals surface area contributed by atoms with E-state index in [0.29, 0.717) is 12.6 Å².